The normalized spacial score (nSPS) is 17.7. The van der Waals surface area contributed by atoms with Crippen LogP contribution in [-0.4, -0.2) is 54.7 Å². The van der Waals surface area contributed by atoms with E-state index >= 15 is 0 Å². The molecule has 0 aliphatic carbocycles. The fraction of sp³-hybridized carbons (Fsp3) is 0.833. The van der Waals surface area contributed by atoms with E-state index in [0.717, 1.165) is 0 Å². The van der Waals surface area contributed by atoms with E-state index in [-0.39, 0.29) is 26.4 Å². The minimum Gasteiger partial charge on any atom is -0.464 e. The van der Waals surface area contributed by atoms with E-state index in [2.05, 4.69) is 4.29 Å². The third-order valence-corrected chi connectivity index (χ3v) is 4.77. The molecule has 0 aliphatic rings. The molecule has 136 valence electrons. The van der Waals surface area contributed by atoms with Gasteiger partial charge in [0.05, 0.1) is 13.2 Å². The second kappa shape index (κ2) is 10.2. The van der Waals surface area contributed by atoms with Crippen LogP contribution in [0, 0.1) is 0 Å². The number of rotatable bonds is 11. The molecule has 1 N–H and O–H groups in total. The third kappa shape index (κ3) is 4.89. The van der Waals surface area contributed by atoms with Gasteiger partial charge in [0.2, 0.25) is 6.10 Å². The zero-order valence-corrected chi connectivity index (χ0v) is 15.1. The summed E-state index contributed by atoms with van der Waals surface area (Å²) in [6.45, 7) is 5.29. The molecular weight excluding hydrogens is 355 g/mol. The zero-order chi connectivity index (χ0) is 18.1. The van der Waals surface area contributed by atoms with Gasteiger partial charge in [-0.1, -0.05) is 0 Å². The number of hydrogen-bond acceptors (Lipinski definition) is 8. The first kappa shape index (κ1) is 22.3. The highest BCUT2D eigenvalue weighted by Gasteiger charge is 2.67. The van der Waals surface area contributed by atoms with E-state index in [4.69, 9.17) is 30.6 Å². The van der Waals surface area contributed by atoms with E-state index in [0.29, 0.717) is 0 Å². The smallest absolute Gasteiger partial charge is 0.374 e. The lowest BCUT2D eigenvalue weighted by Gasteiger charge is -2.36. The molecule has 0 aliphatic heterocycles. The van der Waals surface area contributed by atoms with Crippen LogP contribution in [0.2, 0.25) is 0 Å². The quantitative estimate of drug-likeness (QED) is 0.423. The lowest BCUT2D eigenvalue weighted by atomic mass is 10.2. The van der Waals surface area contributed by atoms with Crippen molar-refractivity contribution < 1.29 is 42.1 Å². The van der Waals surface area contributed by atoms with E-state index < -0.39 is 31.0 Å². The Bertz CT molecular complexity index is 444. The number of halogens is 1. The molecule has 0 bridgehead atoms. The summed E-state index contributed by atoms with van der Waals surface area (Å²) < 4.78 is 36.6. The Hall–Kier alpha value is -0.700. The van der Waals surface area contributed by atoms with Gasteiger partial charge in [-0.2, -0.15) is 0 Å². The second-order valence-electron chi connectivity index (χ2n) is 4.02. The van der Waals surface area contributed by atoms with Gasteiger partial charge in [-0.3, -0.25) is 4.57 Å². The van der Waals surface area contributed by atoms with Crippen molar-refractivity contribution in [1.82, 2.24) is 0 Å². The number of carbonyl (C=O) groups is 2. The molecule has 3 unspecified atom stereocenters. The van der Waals surface area contributed by atoms with Crippen molar-refractivity contribution in [3.8, 4) is 0 Å². The highest BCUT2D eigenvalue weighted by Crippen LogP contribution is 2.59. The molecule has 0 rings (SSSR count). The molecule has 0 radical (unpaired) electrons. The van der Waals surface area contributed by atoms with Crippen LogP contribution in [0.1, 0.15) is 27.7 Å². The van der Waals surface area contributed by atoms with Crippen LogP contribution < -0.4 is 0 Å². The zero-order valence-electron chi connectivity index (χ0n) is 13.4. The maximum absolute atomic E-state index is 12.6. The first-order valence-electron chi connectivity index (χ1n) is 7.01. The Labute approximate surface area is 139 Å². The molecule has 0 saturated heterocycles. The lowest BCUT2D eigenvalue weighted by Crippen LogP contribution is -2.57. The molecule has 0 aromatic rings. The maximum Gasteiger partial charge on any atom is 0.374 e. The molecule has 3 atom stereocenters. The Balaban J connectivity index is 6.27. The fourth-order valence-electron chi connectivity index (χ4n) is 1.86. The van der Waals surface area contributed by atoms with Crippen molar-refractivity contribution in [2.75, 3.05) is 26.4 Å². The van der Waals surface area contributed by atoms with Gasteiger partial charge in [0.25, 0.3) is 0 Å². The van der Waals surface area contributed by atoms with Crippen LogP contribution in [0.3, 0.4) is 0 Å². The second-order valence-corrected chi connectivity index (χ2v) is 6.14. The molecule has 0 aromatic carbocycles. The number of esters is 1. The van der Waals surface area contributed by atoms with Crippen molar-refractivity contribution in [2.45, 2.75) is 39.1 Å². The molecule has 0 aromatic heterocycles. The molecule has 0 fully saturated rings. The van der Waals surface area contributed by atoms with Gasteiger partial charge in [-0.25, -0.2) is 9.59 Å². The minimum absolute atomic E-state index is 0.0507. The molecule has 11 heteroatoms. The van der Waals surface area contributed by atoms with Crippen LogP contribution in [0.15, 0.2) is 0 Å². The SMILES string of the molecule is CCOC(=O)C(OCC)C(OCC)(C(=O)OCl)P(=O)(O)OCC. The highest BCUT2D eigenvalue weighted by atomic mass is 35.5. The van der Waals surface area contributed by atoms with Gasteiger partial charge in [0.15, 0.2) is 0 Å². The van der Waals surface area contributed by atoms with Crippen molar-refractivity contribution in [2.24, 2.45) is 0 Å². The monoisotopic (exact) mass is 376 g/mol. The summed E-state index contributed by atoms with van der Waals surface area (Å²) in [6.07, 6.45) is -1.90. The molecule has 0 spiro atoms. The van der Waals surface area contributed by atoms with Gasteiger partial charge in [0.1, 0.15) is 11.9 Å². The van der Waals surface area contributed by atoms with Crippen LogP contribution in [0.4, 0.5) is 0 Å². The molecular formula is C12H22ClO9P. The van der Waals surface area contributed by atoms with Gasteiger partial charge < -0.3 is 27.9 Å². The summed E-state index contributed by atoms with van der Waals surface area (Å²) >= 11 is 5.08. The molecule has 0 saturated carbocycles. The number of hydrogen-bond donors (Lipinski definition) is 1. The first-order valence-corrected chi connectivity index (χ1v) is 8.90. The van der Waals surface area contributed by atoms with E-state index in [9.17, 15) is 19.0 Å². The Kier molecular flexibility index (Phi) is 9.91. The number of carbonyl (C=O) groups excluding carboxylic acids is 2. The predicted octanol–water partition coefficient (Wildman–Crippen LogP) is 1.61. The summed E-state index contributed by atoms with van der Waals surface area (Å²) in [5.74, 6) is -2.58. The topological polar surface area (TPSA) is 118 Å². The van der Waals surface area contributed by atoms with Crippen molar-refractivity contribution in [3.63, 3.8) is 0 Å². The van der Waals surface area contributed by atoms with E-state index in [1.54, 1.807) is 0 Å². The molecule has 0 amide bonds. The lowest BCUT2D eigenvalue weighted by molar-refractivity contribution is -0.187. The van der Waals surface area contributed by atoms with Crippen LogP contribution >= 0.6 is 19.5 Å². The molecule has 23 heavy (non-hydrogen) atoms. The average molecular weight is 377 g/mol. The van der Waals surface area contributed by atoms with Crippen molar-refractivity contribution >= 4 is 31.4 Å². The number of ether oxygens (including phenoxy) is 3. The van der Waals surface area contributed by atoms with Crippen LogP contribution in [0.25, 0.3) is 0 Å². The van der Waals surface area contributed by atoms with Crippen molar-refractivity contribution in [3.05, 3.63) is 0 Å². The first-order chi connectivity index (χ1) is 10.8. The summed E-state index contributed by atoms with van der Waals surface area (Å²) in [5, 5.41) is -2.80. The van der Waals surface area contributed by atoms with Crippen LogP contribution in [-0.2, 0) is 37.2 Å². The molecule has 0 heterocycles. The summed E-state index contributed by atoms with van der Waals surface area (Å²) in [6, 6.07) is 0. The molecule has 9 nitrogen and oxygen atoms in total. The fourth-order valence-corrected chi connectivity index (χ4v) is 3.61. The maximum atomic E-state index is 12.6. The van der Waals surface area contributed by atoms with Crippen molar-refractivity contribution in [1.29, 1.82) is 0 Å². The summed E-state index contributed by atoms with van der Waals surface area (Å²) in [4.78, 5) is 34.6. The Morgan fingerprint density at radius 2 is 1.74 bits per heavy atom. The Morgan fingerprint density at radius 3 is 2.13 bits per heavy atom. The minimum atomic E-state index is -4.89. The van der Waals surface area contributed by atoms with E-state index in [1.807, 2.05) is 0 Å². The van der Waals surface area contributed by atoms with E-state index in [1.165, 1.54) is 27.7 Å². The van der Waals surface area contributed by atoms with Gasteiger partial charge in [-0.05, 0) is 27.7 Å². The van der Waals surface area contributed by atoms with Gasteiger partial charge >= 0.3 is 24.9 Å². The summed E-state index contributed by atoms with van der Waals surface area (Å²) in [5.41, 5.74) is 0. The predicted molar refractivity (Wildman–Crippen MR) is 79.8 cm³/mol. The van der Waals surface area contributed by atoms with Crippen LogP contribution in [0.5, 0.6) is 0 Å². The third-order valence-electron chi connectivity index (χ3n) is 2.64. The van der Waals surface area contributed by atoms with Gasteiger partial charge in [0, 0.05) is 13.2 Å². The average Bonchev–Trinajstić information content (AvgIpc) is 2.49. The highest BCUT2D eigenvalue weighted by molar-refractivity contribution is 7.55. The van der Waals surface area contributed by atoms with Gasteiger partial charge in [-0.15, -0.1) is 0 Å². The largest absolute Gasteiger partial charge is 0.464 e. The Morgan fingerprint density at radius 1 is 1.13 bits per heavy atom. The standard InChI is InChI=1S/C12H22ClO9P/c1-5-18-9(10(14)19-6-2)12(20-7-3,11(15)22-13)23(16,17)21-8-4/h9H,5-8H2,1-4H3,(H,16,17). The summed E-state index contributed by atoms with van der Waals surface area (Å²) in [7, 11) is -4.89.